The predicted molar refractivity (Wildman–Crippen MR) is 140 cm³/mol. The van der Waals surface area contributed by atoms with Crippen LogP contribution >= 0.6 is 11.8 Å². The Bertz CT molecular complexity index is 1360. The van der Waals surface area contributed by atoms with E-state index in [0.717, 1.165) is 33.6 Å². The standard InChI is InChI=1S/C29H25N3OS/c1-19-14-15-24(16-20(19)2)31-28(33)21(3)34-29-26(18-30)25(22-10-6-4-7-11-22)17-27(32-29)23-12-8-5-9-13-23/h4-17,21H,1-3H3,(H,31,33)/t21-/m0/s1. The summed E-state index contributed by atoms with van der Waals surface area (Å²) in [5.41, 5.74) is 7.00. The third-order valence-electron chi connectivity index (χ3n) is 5.68. The lowest BCUT2D eigenvalue weighted by atomic mass is 9.99. The van der Waals surface area contributed by atoms with Crippen molar-refractivity contribution in [3.8, 4) is 28.5 Å². The molecule has 0 bridgehead atoms. The van der Waals surface area contributed by atoms with Gasteiger partial charge in [-0.3, -0.25) is 4.79 Å². The number of nitrogens with one attached hydrogen (secondary N) is 1. The van der Waals surface area contributed by atoms with Crippen LogP contribution in [0.25, 0.3) is 22.4 Å². The quantitative estimate of drug-likeness (QED) is 0.312. The van der Waals surface area contributed by atoms with Crippen LogP contribution < -0.4 is 5.32 Å². The summed E-state index contributed by atoms with van der Waals surface area (Å²) in [5.74, 6) is -0.134. The number of aromatic nitrogens is 1. The maximum absolute atomic E-state index is 13.0. The number of nitrogens with zero attached hydrogens (tertiary/aromatic N) is 2. The molecule has 4 aromatic rings. The molecule has 0 unspecified atom stereocenters. The smallest absolute Gasteiger partial charge is 0.237 e. The zero-order valence-electron chi connectivity index (χ0n) is 19.4. The van der Waals surface area contributed by atoms with E-state index in [1.807, 2.05) is 106 Å². The van der Waals surface area contributed by atoms with Crippen LogP contribution in [0, 0.1) is 25.2 Å². The zero-order chi connectivity index (χ0) is 24.1. The number of hydrogen-bond acceptors (Lipinski definition) is 4. The zero-order valence-corrected chi connectivity index (χ0v) is 20.2. The number of carbonyl (C=O) groups is 1. The molecule has 168 valence electrons. The number of nitriles is 1. The van der Waals surface area contributed by atoms with Crippen molar-refractivity contribution in [2.45, 2.75) is 31.0 Å². The van der Waals surface area contributed by atoms with E-state index in [9.17, 15) is 10.1 Å². The van der Waals surface area contributed by atoms with Crippen LogP contribution in [0.5, 0.6) is 0 Å². The molecule has 4 nitrogen and oxygen atoms in total. The highest BCUT2D eigenvalue weighted by Crippen LogP contribution is 2.35. The van der Waals surface area contributed by atoms with Crippen molar-refractivity contribution in [1.29, 1.82) is 5.26 Å². The van der Waals surface area contributed by atoms with Gasteiger partial charge in [0.15, 0.2) is 0 Å². The first kappa shape index (κ1) is 23.3. The van der Waals surface area contributed by atoms with Crippen LogP contribution in [0.15, 0.2) is 90.0 Å². The molecule has 0 aliphatic rings. The third kappa shape index (κ3) is 5.19. The molecule has 0 saturated carbocycles. The number of thioether (sulfide) groups is 1. The van der Waals surface area contributed by atoms with Gasteiger partial charge in [-0.25, -0.2) is 4.98 Å². The maximum Gasteiger partial charge on any atom is 0.237 e. The molecule has 0 radical (unpaired) electrons. The fraction of sp³-hybridized carbons (Fsp3) is 0.138. The first-order chi connectivity index (χ1) is 16.5. The van der Waals surface area contributed by atoms with E-state index < -0.39 is 5.25 Å². The van der Waals surface area contributed by atoms with Crippen molar-refractivity contribution in [1.82, 2.24) is 4.98 Å². The topological polar surface area (TPSA) is 65.8 Å². The fourth-order valence-electron chi connectivity index (χ4n) is 3.60. The number of amides is 1. The minimum Gasteiger partial charge on any atom is -0.325 e. The Labute approximate surface area is 204 Å². The second-order valence-electron chi connectivity index (χ2n) is 8.13. The SMILES string of the molecule is Cc1ccc(NC(=O)[C@H](C)Sc2nc(-c3ccccc3)cc(-c3ccccc3)c2C#N)cc1C. The molecule has 1 heterocycles. The largest absolute Gasteiger partial charge is 0.325 e. The summed E-state index contributed by atoms with van der Waals surface area (Å²) in [6.45, 7) is 5.90. The van der Waals surface area contributed by atoms with E-state index in [0.29, 0.717) is 10.6 Å². The van der Waals surface area contributed by atoms with Crippen LogP contribution in [0.1, 0.15) is 23.6 Å². The van der Waals surface area contributed by atoms with Gasteiger partial charge in [0, 0.05) is 16.8 Å². The number of rotatable bonds is 6. The summed E-state index contributed by atoms with van der Waals surface area (Å²) in [6, 6.07) is 29.8. The molecule has 0 fully saturated rings. The molecule has 1 atom stereocenters. The number of aryl methyl sites for hydroxylation is 2. The van der Waals surface area contributed by atoms with Crippen LogP contribution in [-0.2, 0) is 4.79 Å². The van der Waals surface area contributed by atoms with Gasteiger partial charge in [-0.15, -0.1) is 0 Å². The van der Waals surface area contributed by atoms with Crippen molar-refractivity contribution < 1.29 is 4.79 Å². The second-order valence-corrected chi connectivity index (χ2v) is 9.46. The molecule has 34 heavy (non-hydrogen) atoms. The van der Waals surface area contributed by atoms with Crippen LogP contribution in [0.3, 0.4) is 0 Å². The van der Waals surface area contributed by atoms with Gasteiger partial charge in [-0.1, -0.05) is 78.5 Å². The highest BCUT2D eigenvalue weighted by molar-refractivity contribution is 8.00. The number of anilines is 1. The van der Waals surface area contributed by atoms with E-state index in [2.05, 4.69) is 11.4 Å². The minimum atomic E-state index is -0.448. The Morgan fingerprint density at radius 2 is 1.56 bits per heavy atom. The second kappa shape index (κ2) is 10.4. The summed E-state index contributed by atoms with van der Waals surface area (Å²) in [6.07, 6.45) is 0. The van der Waals surface area contributed by atoms with Gasteiger partial charge >= 0.3 is 0 Å². The van der Waals surface area contributed by atoms with E-state index in [1.54, 1.807) is 0 Å². The van der Waals surface area contributed by atoms with Crippen molar-refractivity contribution in [2.75, 3.05) is 5.32 Å². The van der Waals surface area contributed by atoms with E-state index in [1.165, 1.54) is 17.3 Å². The van der Waals surface area contributed by atoms with Crippen LogP contribution in [0.4, 0.5) is 5.69 Å². The molecule has 5 heteroatoms. The van der Waals surface area contributed by atoms with Crippen molar-refractivity contribution >= 4 is 23.4 Å². The van der Waals surface area contributed by atoms with E-state index in [-0.39, 0.29) is 5.91 Å². The average molecular weight is 464 g/mol. The molecule has 1 aromatic heterocycles. The first-order valence-corrected chi connectivity index (χ1v) is 11.9. The summed E-state index contributed by atoms with van der Waals surface area (Å²) < 4.78 is 0. The van der Waals surface area contributed by atoms with Crippen molar-refractivity contribution in [3.63, 3.8) is 0 Å². The molecule has 0 spiro atoms. The maximum atomic E-state index is 13.0. The lowest BCUT2D eigenvalue weighted by Crippen LogP contribution is -2.22. The van der Waals surface area contributed by atoms with Crippen molar-refractivity contribution in [3.05, 3.63) is 102 Å². The Morgan fingerprint density at radius 1 is 0.912 bits per heavy atom. The number of carbonyl (C=O) groups excluding carboxylic acids is 1. The van der Waals surface area contributed by atoms with Gasteiger partial charge in [0.1, 0.15) is 11.1 Å². The van der Waals surface area contributed by atoms with E-state index >= 15 is 0 Å². The molecular weight excluding hydrogens is 438 g/mol. The molecule has 3 aromatic carbocycles. The number of hydrogen-bond donors (Lipinski definition) is 1. The Balaban J connectivity index is 1.70. The summed E-state index contributed by atoms with van der Waals surface area (Å²) in [4.78, 5) is 17.8. The van der Waals surface area contributed by atoms with Crippen LogP contribution in [0.2, 0.25) is 0 Å². The number of benzene rings is 3. The fourth-order valence-corrected chi connectivity index (χ4v) is 4.53. The molecule has 4 rings (SSSR count). The van der Waals surface area contributed by atoms with Crippen molar-refractivity contribution in [2.24, 2.45) is 0 Å². The molecular formula is C29H25N3OS. The number of pyridine rings is 1. The average Bonchev–Trinajstić information content (AvgIpc) is 2.86. The molecule has 0 saturated heterocycles. The van der Waals surface area contributed by atoms with Gasteiger partial charge < -0.3 is 5.32 Å². The lowest BCUT2D eigenvalue weighted by molar-refractivity contribution is -0.115. The van der Waals surface area contributed by atoms with Gasteiger partial charge in [-0.05, 0) is 55.7 Å². The van der Waals surface area contributed by atoms with Gasteiger partial charge in [0.05, 0.1) is 16.5 Å². The highest BCUT2D eigenvalue weighted by Gasteiger charge is 2.21. The lowest BCUT2D eigenvalue weighted by Gasteiger charge is -2.16. The summed E-state index contributed by atoms with van der Waals surface area (Å²) in [5, 5.41) is 13.1. The summed E-state index contributed by atoms with van der Waals surface area (Å²) >= 11 is 1.30. The molecule has 1 amide bonds. The Kier molecular flexibility index (Phi) is 7.10. The molecule has 1 N–H and O–H groups in total. The highest BCUT2D eigenvalue weighted by atomic mass is 32.2. The normalized spacial score (nSPS) is 11.5. The summed E-state index contributed by atoms with van der Waals surface area (Å²) in [7, 11) is 0. The predicted octanol–water partition coefficient (Wildman–Crippen LogP) is 7.02. The molecule has 0 aliphatic heterocycles. The Morgan fingerprint density at radius 3 is 2.18 bits per heavy atom. The third-order valence-corrected chi connectivity index (χ3v) is 6.77. The van der Waals surface area contributed by atoms with Gasteiger partial charge in [0.2, 0.25) is 5.91 Å². The van der Waals surface area contributed by atoms with Crippen LogP contribution in [-0.4, -0.2) is 16.1 Å². The molecule has 0 aliphatic carbocycles. The monoisotopic (exact) mass is 463 g/mol. The minimum absolute atomic E-state index is 0.134. The van der Waals surface area contributed by atoms with E-state index in [4.69, 9.17) is 4.98 Å². The van der Waals surface area contributed by atoms with Gasteiger partial charge in [0.25, 0.3) is 0 Å². The Hall–Kier alpha value is -3.88. The van der Waals surface area contributed by atoms with Gasteiger partial charge in [-0.2, -0.15) is 5.26 Å². The first-order valence-electron chi connectivity index (χ1n) is 11.1.